The summed E-state index contributed by atoms with van der Waals surface area (Å²) in [4.78, 5) is 12.8. The summed E-state index contributed by atoms with van der Waals surface area (Å²) in [6.07, 6.45) is -1.03. The summed E-state index contributed by atoms with van der Waals surface area (Å²) in [5.74, 6) is 0.580. The molecule has 4 nitrogen and oxygen atoms in total. The summed E-state index contributed by atoms with van der Waals surface area (Å²) >= 11 is 1.57. The second-order valence-electron chi connectivity index (χ2n) is 4.72. The van der Waals surface area contributed by atoms with Crippen LogP contribution < -0.4 is 4.74 Å². The predicted molar refractivity (Wildman–Crippen MR) is 82.7 cm³/mol. The van der Waals surface area contributed by atoms with Gasteiger partial charge in [-0.25, -0.2) is 4.98 Å². The van der Waals surface area contributed by atoms with E-state index in [-0.39, 0.29) is 5.75 Å². The number of pyridine rings is 1. The maximum absolute atomic E-state index is 12.2. The normalized spacial score (nSPS) is 11.8. The predicted octanol–water partition coefficient (Wildman–Crippen LogP) is 4.29. The van der Waals surface area contributed by atoms with Crippen molar-refractivity contribution in [3.05, 3.63) is 36.5 Å². The van der Waals surface area contributed by atoms with Crippen LogP contribution in [-0.4, -0.2) is 34.0 Å². The van der Waals surface area contributed by atoms with Gasteiger partial charge in [-0.05, 0) is 24.5 Å². The molecule has 0 fully saturated rings. The molecule has 3 rings (SSSR count). The molecule has 23 heavy (non-hydrogen) atoms. The number of benzene rings is 1. The molecule has 2 aromatic heterocycles. The van der Waals surface area contributed by atoms with E-state index in [0.29, 0.717) is 11.5 Å². The van der Waals surface area contributed by atoms with Crippen LogP contribution in [-0.2, 0) is 0 Å². The minimum Gasteiger partial charge on any atom is -0.484 e. The lowest BCUT2D eigenvalue weighted by Gasteiger charge is -2.09. The molecule has 1 N–H and O–H groups in total. The minimum atomic E-state index is -4.38. The van der Waals surface area contributed by atoms with Crippen molar-refractivity contribution in [2.75, 3.05) is 12.9 Å². The van der Waals surface area contributed by atoms with Crippen LogP contribution >= 0.6 is 11.8 Å². The van der Waals surface area contributed by atoms with E-state index in [1.54, 1.807) is 11.8 Å². The average Bonchev–Trinajstić information content (AvgIpc) is 2.96. The van der Waals surface area contributed by atoms with Crippen LogP contribution in [0.5, 0.6) is 5.75 Å². The summed E-state index contributed by atoms with van der Waals surface area (Å²) in [5.41, 5.74) is 2.07. The Hall–Kier alpha value is -2.22. The highest BCUT2D eigenvalue weighted by Gasteiger charge is 2.28. The van der Waals surface area contributed by atoms with Crippen molar-refractivity contribution in [2.24, 2.45) is 0 Å². The SMILES string of the molecule is CSc1cccc2[nH]c(-c3cc(OCC(F)(F)F)ccn3)nc12. The third-order valence-electron chi connectivity index (χ3n) is 3.07. The molecule has 2 heterocycles. The second-order valence-corrected chi connectivity index (χ2v) is 5.57. The van der Waals surface area contributed by atoms with Crippen molar-refractivity contribution in [1.29, 1.82) is 0 Å². The van der Waals surface area contributed by atoms with Crippen molar-refractivity contribution in [1.82, 2.24) is 15.0 Å². The van der Waals surface area contributed by atoms with E-state index in [1.165, 1.54) is 18.3 Å². The molecule has 0 saturated carbocycles. The maximum atomic E-state index is 12.2. The summed E-state index contributed by atoms with van der Waals surface area (Å²) in [7, 11) is 0. The Labute approximate surface area is 134 Å². The fourth-order valence-electron chi connectivity index (χ4n) is 2.09. The van der Waals surface area contributed by atoms with E-state index in [9.17, 15) is 13.2 Å². The van der Waals surface area contributed by atoms with Crippen molar-refractivity contribution in [3.63, 3.8) is 0 Å². The summed E-state index contributed by atoms with van der Waals surface area (Å²) < 4.78 is 41.4. The molecule has 0 bridgehead atoms. The number of rotatable bonds is 4. The van der Waals surface area contributed by atoms with Crippen LogP contribution in [0.3, 0.4) is 0 Å². The highest BCUT2D eigenvalue weighted by molar-refractivity contribution is 7.98. The van der Waals surface area contributed by atoms with Gasteiger partial charge in [0.2, 0.25) is 0 Å². The number of nitrogens with zero attached hydrogens (tertiary/aromatic N) is 2. The molecule has 0 amide bonds. The summed E-state index contributed by atoms with van der Waals surface area (Å²) in [6.45, 7) is -1.34. The number of halogens is 3. The standard InChI is InChI=1S/C15H12F3N3OS/c1-23-12-4-2-3-10-13(12)21-14(20-10)11-7-9(5-6-19-11)22-8-15(16,17)18/h2-7H,8H2,1H3,(H,20,21). The molecule has 0 atom stereocenters. The van der Waals surface area contributed by atoms with Crippen molar-refractivity contribution in [2.45, 2.75) is 11.1 Å². The van der Waals surface area contributed by atoms with Crippen LogP contribution in [0, 0.1) is 0 Å². The van der Waals surface area contributed by atoms with Crippen molar-refractivity contribution in [3.8, 4) is 17.3 Å². The van der Waals surface area contributed by atoms with E-state index in [1.807, 2.05) is 24.5 Å². The second kappa shape index (κ2) is 6.11. The number of nitrogens with one attached hydrogen (secondary N) is 1. The molecule has 3 aromatic rings. The number of thioether (sulfide) groups is 1. The quantitative estimate of drug-likeness (QED) is 0.721. The number of alkyl halides is 3. The molecular weight excluding hydrogens is 327 g/mol. The molecule has 120 valence electrons. The van der Waals surface area contributed by atoms with E-state index in [2.05, 4.69) is 15.0 Å². The molecule has 0 radical (unpaired) electrons. The smallest absolute Gasteiger partial charge is 0.422 e. The third-order valence-corrected chi connectivity index (χ3v) is 3.84. The molecular formula is C15H12F3N3OS. The molecule has 8 heteroatoms. The van der Waals surface area contributed by atoms with Gasteiger partial charge in [0.1, 0.15) is 17.0 Å². The van der Waals surface area contributed by atoms with E-state index >= 15 is 0 Å². The minimum absolute atomic E-state index is 0.0953. The lowest BCUT2D eigenvalue weighted by molar-refractivity contribution is -0.153. The maximum Gasteiger partial charge on any atom is 0.422 e. The Morgan fingerprint density at radius 3 is 2.83 bits per heavy atom. The Kier molecular flexibility index (Phi) is 4.16. The summed E-state index contributed by atoms with van der Waals surface area (Å²) in [5, 5.41) is 0. The van der Waals surface area contributed by atoms with Crippen LogP contribution in [0.4, 0.5) is 13.2 Å². The Morgan fingerprint density at radius 2 is 2.09 bits per heavy atom. The number of para-hydroxylation sites is 1. The molecule has 0 unspecified atom stereocenters. The highest BCUT2D eigenvalue weighted by atomic mass is 32.2. The highest BCUT2D eigenvalue weighted by Crippen LogP contribution is 2.28. The topological polar surface area (TPSA) is 50.8 Å². The number of aromatic nitrogens is 3. The van der Waals surface area contributed by atoms with Crippen LogP contribution in [0.2, 0.25) is 0 Å². The zero-order chi connectivity index (χ0) is 16.4. The van der Waals surface area contributed by atoms with Crippen molar-refractivity contribution >= 4 is 22.8 Å². The number of imidazole rings is 1. The number of aromatic amines is 1. The van der Waals surface area contributed by atoms with E-state index in [0.717, 1.165) is 15.9 Å². The van der Waals surface area contributed by atoms with Gasteiger partial charge in [0.25, 0.3) is 0 Å². The lowest BCUT2D eigenvalue weighted by Crippen LogP contribution is -2.19. The first kappa shape index (κ1) is 15.7. The monoisotopic (exact) mass is 339 g/mol. The lowest BCUT2D eigenvalue weighted by atomic mass is 10.3. The summed E-state index contributed by atoms with van der Waals surface area (Å²) in [6, 6.07) is 8.56. The van der Waals surface area contributed by atoms with Crippen LogP contribution in [0.15, 0.2) is 41.4 Å². The number of H-pyrrole nitrogens is 1. The first-order valence-corrected chi connectivity index (χ1v) is 7.87. The van der Waals surface area contributed by atoms with Gasteiger partial charge in [0.15, 0.2) is 12.4 Å². The molecule has 0 aliphatic heterocycles. The van der Waals surface area contributed by atoms with Gasteiger partial charge in [0, 0.05) is 17.2 Å². The first-order valence-electron chi connectivity index (χ1n) is 6.65. The number of hydrogen-bond donors (Lipinski definition) is 1. The zero-order valence-electron chi connectivity index (χ0n) is 12.0. The van der Waals surface area contributed by atoms with Gasteiger partial charge < -0.3 is 9.72 Å². The fraction of sp³-hybridized carbons (Fsp3) is 0.200. The van der Waals surface area contributed by atoms with Gasteiger partial charge in [-0.3, -0.25) is 4.98 Å². The van der Waals surface area contributed by atoms with Crippen LogP contribution in [0.25, 0.3) is 22.6 Å². The third kappa shape index (κ3) is 3.58. The molecule has 0 saturated heterocycles. The molecule has 0 spiro atoms. The zero-order valence-corrected chi connectivity index (χ0v) is 12.8. The van der Waals surface area contributed by atoms with E-state index < -0.39 is 12.8 Å². The number of hydrogen-bond acceptors (Lipinski definition) is 4. The van der Waals surface area contributed by atoms with Gasteiger partial charge in [-0.1, -0.05) is 6.07 Å². The molecule has 1 aromatic carbocycles. The number of ether oxygens (including phenoxy) is 1. The Bertz CT molecular complexity index is 832. The largest absolute Gasteiger partial charge is 0.484 e. The van der Waals surface area contributed by atoms with Crippen molar-refractivity contribution < 1.29 is 17.9 Å². The molecule has 0 aliphatic carbocycles. The Balaban J connectivity index is 1.93. The number of fused-ring (bicyclic) bond motifs is 1. The van der Waals surface area contributed by atoms with Crippen LogP contribution in [0.1, 0.15) is 0 Å². The van der Waals surface area contributed by atoms with Gasteiger partial charge in [-0.2, -0.15) is 13.2 Å². The average molecular weight is 339 g/mol. The van der Waals surface area contributed by atoms with Gasteiger partial charge in [0.05, 0.1) is 5.52 Å². The molecule has 0 aliphatic rings. The first-order chi connectivity index (χ1) is 11.0. The fourth-order valence-corrected chi connectivity index (χ4v) is 2.65. The van der Waals surface area contributed by atoms with E-state index in [4.69, 9.17) is 4.74 Å². The Morgan fingerprint density at radius 1 is 1.26 bits per heavy atom. The van der Waals surface area contributed by atoms with Gasteiger partial charge >= 0.3 is 6.18 Å². The van der Waals surface area contributed by atoms with Gasteiger partial charge in [-0.15, -0.1) is 11.8 Å².